The van der Waals surface area contributed by atoms with Crippen LogP contribution in [-0.4, -0.2) is 29.9 Å². The van der Waals surface area contributed by atoms with Crippen molar-refractivity contribution in [3.8, 4) is 17.6 Å². The van der Waals surface area contributed by atoms with Crippen molar-refractivity contribution in [3.05, 3.63) is 51.8 Å². The monoisotopic (exact) mass is 327 g/mol. The third-order valence-electron chi connectivity index (χ3n) is 3.35. The molecule has 0 aliphatic rings. The average molecular weight is 327 g/mol. The number of nitrogens with one attached hydrogen (secondary N) is 1. The summed E-state index contributed by atoms with van der Waals surface area (Å²) >= 11 is 5.08. The second-order valence-electron chi connectivity index (χ2n) is 5.32. The lowest BCUT2D eigenvalue weighted by atomic mass is 10.1. The number of carbonyl (C=O) groups excluding carboxylic acids is 1. The first-order valence-corrected chi connectivity index (χ1v) is 7.42. The quantitative estimate of drug-likeness (QED) is 0.874. The number of rotatable bonds is 4. The molecule has 0 saturated carbocycles. The highest BCUT2D eigenvalue weighted by atomic mass is 32.1. The second-order valence-corrected chi connectivity index (χ2v) is 5.73. The summed E-state index contributed by atoms with van der Waals surface area (Å²) < 4.78 is 6.16. The van der Waals surface area contributed by atoms with Crippen LogP contribution in [0.5, 0.6) is 11.5 Å². The molecule has 118 valence electrons. The van der Waals surface area contributed by atoms with Gasteiger partial charge in [0.2, 0.25) is 5.91 Å². The van der Waals surface area contributed by atoms with Crippen molar-refractivity contribution in [1.82, 2.24) is 9.88 Å². The molecule has 2 rings (SSSR count). The van der Waals surface area contributed by atoms with E-state index >= 15 is 0 Å². The number of hydrogen-bond donors (Lipinski definition) is 1. The molecule has 0 aliphatic heterocycles. The van der Waals surface area contributed by atoms with E-state index in [1.165, 1.54) is 0 Å². The molecule has 23 heavy (non-hydrogen) atoms. The maximum Gasteiger partial charge on any atom is 0.226 e. The first kappa shape index (κ1) is 16.7. The van der Waals surface area contributed by atoms with Crippen LogP contribution in [0.3, 0.4) is 0 Å². The third-order valence-corrected chi connectivity index (χ3v) is 3.67. The summed E-state index contributed by atoms with van der Waals surface area (Å²) in [4.78, 5) is 16.1. The summed E-state index contributed by atoms with van der Waals surface area (Å²) in [6.07, 6.45) is 1.98. The number of aromatic amines is 1. The van der Waals surface area contributed by atoms with Crippen LogP contribution in [0, 0.1) is 22.9 Å². The summed E-state index contributed by atoms with van der Waals surface area (Å²) in [5.41, 5.74) is 2.10. The molecule has 1 N–H and O–H groups in total. The van der Waals surface area contributed by atoms with Crippen molar-refractivity contribution in [3.63, 3.8) is 0 Å². The van der Waals surface area contributed by atoms with Crippen LogP contribution in [0.15, 0.2) is 30.5 Å². The maximum absolute atomic E-state index is 11.8. The molecule has 0 saturated heterocycles. The summed E-state index contributed by atoms with van der Waals surface area (Å²) in [5.74, 6) is 1.08. The predicted molar refractivity (Wildman–Crippen MR) is 90.0 cm³/mol. The predicted octanol–water partition coefficient (Wildman–Crippen LogP) is 3.35. The van der Waals surface area contributed by atoms with Crippen LogP contribution in [0.2, 0.25) is 0 Å². The van der Waals surface area contributed by atoms with Crippen molar-refractivity contribution in [2.45, 2.75) is 13.3 Å². The number of hydrogen-bond acceptors (Lipinski definition) is 4. The minimum absolute atomic E-state index is 0.0409. The van der Waals surface area contributed by atoms with E-state index in [0.717, 1.165) is 11.1 Å². The second kappa shape index (κ2) is 7.07. The number of amides is 1. The number of aryl methyl sites for hydroxylation is 1. The number of benzene rings is 1. The first-order valence-electron chi connectivity index (χ1n) is 7.01. The van der Waals surface area contributed by atoms with E-state index in [-0.39, 0.29) is 5.91 Å². The van der Waals surface area contributed by atoms with Crippen LogP contribution < -0.4 is 4.74 Å². The molecule has 0 aliphatic carbocycles. The van der Waals surface area contributed by atoms with Crippen LogP contribution in [0.1, 0.15) is 16.7 Å². The summed E-state index contributed by atoms with van der Waals surface area (Å²) in [6, 6.07) is 9.26. The van der Waals surface area contributed by atoms with Gasteiger partial charge in [-0.15, -0.1) is 0 Å². The molecule has 1 amide bonds. The summed E-state index contributed by atoms with van der Waals surface area (Å²) in [5, 5.41) is 9.18. The van der Waals surface area contributed by atoms with E-state index in [1.54, 1.807) is 37.3 Å². The van der Waals surface area contributed by atoms with Crippen LogP contribution in [0.25, 0.3) is 0 Å². The van der Waals surface area contributed by atoms with Gasteiger partial charge >= 0.3 is 0 Å². The molecule has 0 spiro atoms. The molecular formula is C17H17N3O2S. The van der Waals surface area contributed by atoms with E-state index in [1.807, 2.05) is 25.1 Å². The van der Waals surface area contributed by atoms with Gasteiger partial charge in [0, 0.05) is 20.3 Å². The fourth-order valence-electron chi connectivity index (χ4n) is 2.04. The van der Waals surface area contributed by atoms with Gasteiger partial charge in [0.1, 0.15) is 27.8 Å². The summed E-state index contributed by atoms with van der Waals surface area (Å²) in [6.45, 7) is 1.90. The molecule has 1 aromatic carbocycles. The van der Waals surface area contributed by atoms with Crippen LogP contribution >= 0.6 is 12.2 Å². The van der Waals surface area contributed by atoms with E-state index < -0.39 is 0 Å². The minimum atomic E-state index is 0.0409. The number of ether oxygens (including phenoxy) is 1. The number of pyridine rings is 1. The highest BCUT2D eigenvalue weighted by molar-refractivity contribution is 7.71. The molecule has 0 radical (unpaired) electrons. The highest BCUT2D eigenvalue weighted by Gasteiger charge is 2.10. The van der Waals surface area contributed by atoms with E-state index in [0.29, 0.717) is 28.1 Å². The number of nitriles is 1. The highest BCUT2D eigenvalue weighted by Crippen LogP contribution is 2.28. The standard InChI is InChI=1S/C17H17N3O2S/c1-11-8-12(9-16(21)20(2)3)4-5-14(11)22-15-6-7-19-17(23)13(15)10-18/h4-8H,9H2,1-3H3,(H,19,23). The molecule has 2 aromatic rings. The molecule has 0 bridgehead atoms. The van der Waals surface area contributed by atoms with E-state index in [2.05, 4.69) is 4.98 Å². The van der Waals surface area contributed by atoms with Gasteiger partial charge in [-0.05, 0) is 30.2 Å². The Balaban J connectivity index is 2.26. The maximum atomic E-state index is 11.8. The van der Waals surface area contributed by atoms with Crippen molar-refractivity contribution >= 4 is 18.1 Å². The van der Waals surface area contributed by atoms with Gasteiger partial charge in [0.25, 0.3) is 0 Å². The van der Waals surface area contributed by atoms with Crippen molar-refractivity contribution < 1.29 is 9.53 Å². The number of nitrogens with zero attached hydrogens (tertiary/aromatic N) is 2. The number of H-pyrrole nitrogens is 1. The average Bonchev–Trinajstić information content (AvgIpc) is 2.50. The number of aromatic nitrogens is 1. The Kier molecular flexibility index (Phi) is 5.14. The number of carbonyl (C=O) groups is 1. The largest absolute Gasteiger partial charge is 0.456 e. The zero-order valence-electron chi connectivity index (χ0n) is 13.2. The van der Waals surface area contributed by atoms with Gasteiger partial charge in [0.15, 0.2) is 0 Å². The van der Waals surface area contributed by atoms with Crippen LogP contribution in [-0.2, 0) is 11.2 Å². The molecule has 0 fully saturated rings. The SMILES string of the molecule is Cc1cc(CC(=O)N(C)C)ccc1Oc1cc[nH]c(=S)c1C#N. The topological polar surface area (TPSA) is 69.1 Å². The van der Waals surface area contributed by atoms with Crippen molar-refractivity contribution in [2.75, 3.05) is 14.1 Å². The van der Waals surface area contributed by atoms with Crippen molar-refractivity contribution in [1.29, 1.82) is 5.26 Å². The first-order chi connectivity index (χ1) is 10.9. The zero-order chi connectivity index (χ0) is 17.0. The molecule has 0 unspecified atom stereocenters. The molecular weight excluding hydrogens is 310 g/mol. The Morgan fingerprint density at radius 2 is 2.09 bits per heavy atom. The lowest BCUT2D eigenvalue weighted by Gasteiger charge is -2.13. The van der Waals surface area contributed by atoms with Gasteiger partial charge in [-0.2, -0.15) is 5.26 Å². The molecule has 0 atom stereocenters. The lowest BCUT2D eigenvalue weighted by molar-refractivity contribution is -0.127. The third kappa shape index (κ3) is 3.96. The Hall–Kier alpha value is -2.65. The smallest absolute Gasteiger partial charge is 0.226 e. The van der Waals surface area contributed by atoms with E-state index in [9.17, 15) is 10.1 Å². The number of likely N-dealkylation sites (N-methyl/N-ethyl adjacent to an activating group) is 1. The summed E-state index contributed by atoms with van der Waals surface area (Å²) in [7, 11) is 3.46. The Morgan fingerprint density at radius 3 is 2.70 bits per heavy atom. The van der Waals surface area contributed by atoms with Gasteiger partial charge < -0.3 is 14.6 Å². The Morgan fingerprint density at radius 1 is 1.35 bits per heavy atom. The van der Waals surface area contributed by atoms with Gasteiger partial charge in [0.05, 0.1) is 6.42 Å². The Bertz CT molecular complexity index is 834. The molecule has 1 heterocycles. The van der Waals surface area contributed by atoms with Crippen molar-refractivity contribution in [2.24, 2.45) is 0 Å². The minimum Gasteiger partial charge on any atom is -0.456 e. The van der Waals surface area contributed by atoms with Gasteiger partial charge in [-0.25, -0.2) is 0 Å². The van der Waals surface area contributed by atoms with Crippen LogP contribution in [0.4, 0.5) is 0 Å². The fraction of sp³-hybridized carbons (Fsp3) is 0.235. The zero-order valence-corrected chi connectivity index (χ0v) is 14.0. The van der Waals surface area contributed by atoms with E-state index in [4.69, 9.17) is 17.0 Å². The fourth-order valence-corrected chi connectivity index (χ4v) is 2.25. The molecule has 1 aromatic heterocycles. The molecule has 6 heteroatoms. The molecule has 5 nitrogen and oxygen atoms in total. The normalized spacial score (nSPS) is 10.0. The van der Waals surface area contributed by atoms with Gasteiger partial charge in [-0.3, -0.25) is 4.79 Å². The lowest BCUT2D eigenvalue weighted by Crippen LogP contribution is -2.23. The van der Waals surface area contributed by atoms with Gasteiger partial charge in [-0.1, -0.05) is 24.4 Å². The Labute approximate surface area is 140 Å².